The monoisotopic (exact) mass is 538 g/mol. The summed E-state index contributed by atoms with van der Waals surface area (Å²) in [6.45, 7) is 3.99. The average molecular weight is 539 g/mol. The molecule has 5 rings (SSSR count). The van der Waals surface area contributed by atoms with Crippen LogP contribution in [0.3, 0.4) is 0 Å². The zero-order valence-electron chi connectivity index (χ0n) is 21.1. The van der Waals surface area contributed by atoms with Gasteiger partial charge in [0.25, 0.3) is 5.91 Å². The summed E-state index contributed by atoms with van der Waals surface area (Å²) < 4.78 is 43.1. The van der Waals surface area contributed by atoms with Crippen molar-refractivity contribution in [3.05, 3.63) is 95.0 Å². The Labute approximate surface area is 223 Å². The van der Waals surface area contributed by atoms with E-state index in [1.54, 1.807) is 35.6 Å². The maximum atomic E-state index is 14.1. The topological polar surface area (TPSA) is 59.0 Å². The van der Waals surface area contributed by atoms with E-state index in [4.69, 9.17) is 0 Å². The number of hydrogen-bond acceptors (Lipinski definition) is 4. The molecule has 38 heavy (non-hydrogen) atoms. The number of carbonyl (C=O) groups is 1. The van der Waals surface area contributed by atoms with Crippen molar-refractivity contribution in [3.63, 3.8) is 0 Å². The second-order valence-electron chi connectivity index (χ2n) is 9.55. The van der Waals surface area contributed by atoms with Crippen molar-refractivity contribution >= 4 is 23.1 Å². The molecule has 2 N–H and O–H groups in total. The summed E-state index contributed by atoms with van der Waals surface area (Å²) in [6, 6.07) is 18.7. The smallest absolute Gasteiger partial charge is 0.363 e. The molecule has 0 radical (unpaired) electrons. The highest BCUT2D eigenvalue weighted by molar-refractivity contribution is 7.13. The number of halogens is 3. The molecule has 1 aliphatic rings. The van der Waals surface area contributed by atoms with E-state index in [-0.39, 0.29) is 17.8 Å². The molecule has 0 aliphatic carbocycles. The van der Waals surface area contributed by atoms with E-state index >= 15 is 0 Å². The van der Waals surface area contributed by atoms with Gasteiger partial charge in [-0.3, -0.25) is 4.79 Å². The number of alkyl halides is 3. The van der Waals surface area contributed by atoms with Crippen LogP contribution >= 0.6 is 11.3 Å². The molecule has 4 aromatic rings. The Morgan fingerprint density at radius 3 is 2.37 bits per heavy atom. The molecule has 3 heterocycles. The fraction of sp³-hybridized carbons (Fsp3) is 0.310. The third-order valence-electron chi connectivity index (χ3n) is 7.49. The summed E-state index contributed by atoms with van der Waals surface area (Å²) in [4.78, 5) is 14.8. The largest absolute Gasteiger partial charge is 0.410 e. The van der Waals surface area contributed by atoms with Crippen molar-refractivity contribution in [1.29, 1.82) is 0 Å². The summed E-state index contributed by atoms with van der Waals surface area (Å²) in [5, 5.41) is 12.4. The zero-order chi connectivity index (χ0) is 26.9. The first kappa shape index (κ1) is 26.0. The number of amides is 1. The Morgan fingerprint density at radius 2 is 1.76 bits per heavy atom. The number of aromatic nitrogens is 2. The van der Waals surface area contributed by atoms with Crippen molar-refractivity contribution in [2.24, 2.45) is 0 Å². The molecular formula is C29H29F3N4OS. The number of nitrogens with one attached hydrogen (secondary N) is 2. The minimum absolute atomic E-state index is 0.0825. The van der Waals surface area contributed by atoms with Crippen molar-refractivity contribution in [1.82, 2.24) is 15.1 Å². The Balaban J connectivity index is 1.46. The van der Waals surface area contributed by atoms with Crippen LogP contribution in [0.4, 0.5) is 19.0 Å². The van der Waals surface area contributed by atoms with Crippen LogP contribution in [0.1, 0.15) is 66.7 Å². The maximum absolute atomic E-state index is 14.1. The SMILES string of the molecule is CCC(CC)(NC(=O)c1cnn2c1NC(c1ccccc1)CC2C(F)(F)F)c1ccc(-c2cccs2)cc1. The fourth-order valence-electron chi connectivity index (χ4n) is 5.22. The summed E-state index contributed by atoms with van der Waals surface area (Å²) >= 11 is 1.66. The molecule has 0 fully saturated rings. The molecule has 9 heteroatoms. The molecule has 0 spiro atoms. The van der Waals surface area contributed by atoms with Gasteiger partial charge in [-0.2, -0.15) is 18.3 Å². The van der Waals surface area contributed by atoms with Gasteiger partial charge in [-0.1, -0.05) is 74.5 Å². The van der Waals surface area contributed by atoms with Crippen LogP contribution in [0.25, 0.3) is 10.4 Å². The Bertz CT molecular complexity index is 1380. The van der Waals surface area contributed by atoms with E-state index in [0.717, 1.165) is 26.2 Å². The molecule has 2 unspecified atom stereocenters. The zero-order valence-corrected chi connectivity index (χ0v) is 21.9. The van der Waals surface area contributed by atoms with E-state index in [1.807, 2.05) is 55.6 Å². The molecular weight excluding hydrogens is 509 g/mol. The molecule has 1 aliphatic heterocycles. The molecule has 2 atom stereocenters. The number of carbonyl (C=O) groups excluding carboxylic acids is 1. The first-order chi connectivity index (χ1) is 18.3. The van der Waals surface area contributed by atoms with Crippen molar-refractivity contribution in [2.45, 2.75) is 56.9 Å². The summed E-state index contributed by atoms with van der Waals surface area (Å²) in [5.74, 6) is -0.376. The second kappa shape index (κ2) is 10.3. The molecule has 0 saturated heterocycles. The lowest BCUT2D eigenvalue weighted by molar-refractivity contribution is -0.173. The van der Waals surface area contributed by atoms with Gasteiger partial charge in [-0.25, -0.2) is 4.68 Å². The number of anilines is 1. The standard InChI is InChI=1S/C29H29F3N4OS/c1-3-28(4-2,21-14-12-20(13-15-21)24-11-8-16-38-24)35-27(37)22-18-33-36-25(29(30,31)32)17-23(34-26(22)36)19-9-6-5-7-10-19/h5-16,18,23,25,34H,3-4,17H2,1-2H3,(H,35,37). The van der Waals surface area contributed by atoms with Crippen molar-refractivity contribution in [3.8, 4) is 10.4 Å². The molecule has 5 nitrogen and oxygen atoms in total. The van der Waals surface area contributed by atoms with E-state index in [2.05, 4.69) is 21.8 Å². The lowest BCUT2D eigenvalue weighted by Crippen LogP contribution is -2.45. The van der Waals surface area contributed by atoms with Gasteiger partial charge in [0, 0.05) is 11.3 Å². The second-order valence-corrected chi connectivity index (χ2v) is 10.5. The van der Waals surface area contributed by atoms with Crippen LogP contribution < -0.4 is 10.6 Å². The molecule has 0 saturated carbocycles. The van der Waals surface area contributed by atoms with Gasteiger partial charge in [0.05, 0.1) is 17.8 Å². The fourth-order valence-corrected chi connectivity index (χ4v) is 5.95. The van der Waals surface area contributed by atoms with E-state index in [9.17, 15) is 18.0 Å². The van der Waals surface area contributed by atoms with Crippen LogP contribution in [-0.4, -0.2) is 21.9 Å². The predicted molar refractivity (Wildman–Crippen MR) is 144 cm³/mol. The normalized spacial score (nSPS) is 17.5. The van der Waals surface area contributed by atoms with Gasteiger partial charge >= 0.3 is 6.18 Å². The minimum atomic E-state index is -4.51. The van der Waals surface area contributed by atoms with E-state index < -0.39 is 29.7 Å². The average Bonchev–Trinajstić information content (AvgIpc) is 3.62. The molecule has 2 aromatic carbocycles. The lowest BCUT2D eigenvalue weighted by Gasteiger charge is -2.35. The van der Waals surface area contributed by atoms with Gasteiger partial charge in [0.2, 0.25) is 0 Å². The lowest BCUT2D eigenvalue weighted by atomic mass is 9.84. The number of fused-ring (bicyclic) bond motifs is 1. The summed E-state index contributed by atoms with van der Waals surface area (Å²) in [5.41, 5.74) is 2.18. The molecule has 2 aromatic heterocycles. The number of rotatable bonds is 7. The quantitative estimate of drug-likeness (QED) is 0.253. The predicted octanol–water partition coefficient (Wildman–Crippen LogP) is 7.72. The highest BCUT2D eigenvalue weighted by atomic mass is 32.1. The van der Waals surface area contributed by atoms with Gasteiger partial charge in [0.15, 0.2) is 6.04 Å². The number of nitrogens with zero attached hydrogens (tertiary/aromatic N) is 2. The highest BCUT2D eigenvalue weighted by Crippen LogP contribution is 2.44. The third kappa shape index (κ3) is 4.82. The maximum Gasteiger partial charge on any atom is 0.410 e. The van der Waals surface area contributed by atoms with Crippen molar-refractivity contribution < 1.29 is 18.0 Å². The molecule has 198 valence electrons. The summed E-state index contributed by atoms with van der Waals surface area (Å²) in [7, 11) is 0. The van der Waals surface area contributed by atoms with Gasteiger partial charge in [-0.05, 0) is 41.0 Å². The van der Waals surface area contributed by atoms with Crippen molar-refractivity contribution in [2.75, 3.05) is 5.32 Å². The van der Waals surface area contributed by atoms with Crippen LogP contribution in [-0.2, 0) is 5.54 Å². The van der Waals surface area contributed by atoms with Crippen LogP contribution in [0, 0.1) is 0 Å². The number of benzene rings is 2. The Kier molecular flexibility index (Phi) is 7.05. The van der Waals surface area contributed by atoms with Crippen LogP contribution in [0.5, 0.6) is 0 Å². The van der Waals surface area contributed by atoms with E-state index in [1.165, 1.54) is 6.20 Å². The van der Waals surface area contributed by atoms with Gasteiger partial charge < -0.3 is 10.6 Å². The minimum Gasteiger partial charge on any atom is -0.363 e. The first-order valence-electron chi connectivity index (χ1n) is 12.7. The van der Waals surface area contributed by atoms with Gasteiger partial charge in [-0.15, -0.1) is 11.3 Å². The molecule has 1 amide bonds. The van der Waals surface area contributed by atoms with E-state index in [0.29, 0.717) is 12.8 Å². The van der Waals surface area contributed by atoms with Gasteiger partial charge in [0.1, 0.15) is 11.4 Å². The number of hydrogen-bond donors (Lipinski definition) is 2. The Hall–Kier alpha value is -3.59. The highest BCUT2D eigenvalue weighted by Gasteiger charge is 2.47. The third-order valence-corrected chi connectivity index (χ3v) is 8.41. The van der Waals surface area contributed by atoms with Crippen LogP contribution in [0.2, 0.25) is 0 Å². The Morgan fingerprint density at radius 1 is 1.05 bits per heavy atom. The first-order valence-corrected chi connectivity index (χ1v) is 13.6. The van der Waals surface area contributed by atoms with Crippen LogP contribution in [0.15, 0.2) is 78.3 Å². The number of thiophene rings is 1. The molecule has 0 bridgehead atoms. The summed E-state index contributed by atoms with van der Waals surface area (Å²) in [6.07, 6.45) is -2.26.